The summed E-state index contributed by atoms with van der Waals surface area (Å²) < 4.78 is 16.2. The summed E-state index contributed by atoms with van der Waals surface area (Å²) >= 11 is 0. The molecule has 1 aromatic heterocycles. The Morgan fingerprint density at radius 1 is 0.909 bits per heavy atom. The van der Waals surface area contributed by atoms with Crippen LogP contribution in [0.4, 0.5) is 0 Å². The van der Waals surface area contributed by atoms with Gasteiger partial charge in [0.1, 0.15) is 5.75 Å². The van der Waals surface area contributed by atoms with Crippen molar-refractivity contribution in [2.24, 2.45) is 0 Å². The molecule has 0 unspecified atom stereocenters. The maximum Gasteiger partial charge on any atom is 0.161 e. The number of nitrogens with one attached hydrogen (secondary N) is 1. The first kappa shape index (κ1) is 13.1. The van der Waals surface area contributed by atoms with Crippen LogP contribution in [-0.2, 0) is 6.42 Å². The van der Waals surface area contributed by atoms with Crippen molar-refractivity contribution >= 4 is 10.9 Å². The monoisotopic (exact) mass is 295 g/mol. The molecule has 3 aromatic rings. The van der Waals surface area contributed by atoms with Crippen LogP contribution in [0.15, 0.2) is 30.3 Å². The van der Waals surface area contributed by atoms with Crippen LogP contribution in [0.25, 0.3) is 22.2 Å². The van der Waals surface area contributed by atoms with E-state index in [0.717, 1.165) is 29.2 Å². The van der Waals surface area contributed by atoms with Crippen LogP contribution in [0.3, 0.4) is 0 Å². The molecule has 4 rings (SSSR count). The van der Waals surface area contributed by atoms with Gasteiger partial charge in [-0.05, 0) is 41.5 Å². The molecule has 0 saturated heterocycles. The maximum absolute atomic E-state index is 5.43. The fourth-order valence-corrected chi connectivity index (χ4v) is 3.26. The van der Waals surface area contributed by atoms with Crippen LogP contribution in [-0.4, -0.2) is 26.3 Å². The third kappa shape index (κ3) is 1.70. The van der Waals surface area contributed by atoms with E-state index in [-0.39, 0.29) is 0 Å². The summed E-state index contributed by atoms with van der Waals surface area (Å²) in [7, 11) is 5.02. The van der Waals surface area contributed by atoms with Gasteiger partial charge in [-0.25, -0.2) is 0 Å². The van der Waals surface area contributed by atoms with Crippen LogP contribution in [0.1, 0.15) is 11.1 Å². The van der Waals surface area contributed by atoms with E-state index in [1.54, 1.807) is 21.3 Å². The lowest BCUT2D eigenvalue weighted by Gasteiger charge is -2.10. The van der Waals surface area contributed by atoms with Crippen molar-refractivity contribution in [3.8, 4) is 28.5 Å². The standard InChI is InChI=1S/C18H17NO3/c1-20-11-4-5-15-13(8-11)14-6-10-7-16(21-2)17(22-3)9-12(10)18(14)19-15/h4-5,7-9,19H,6H2,1-3H3. The van der Waals surface area contributed by atoms with Crippen LogP contribution < -0.4 is 14.2 Å². The zero-order valence-electron chi connectivity index (χ0n) is 12.8. The average molecular weight is 295 g/mol. The van der Waals surface area contributed by atoms with Gasteiger partial charge in [0.2, 0.25) is 0 Å². The highest BCUT2D eigenvalue weighted by molar-refractivity contribution is 5.95. The van der Waals surface area contributed by atoms with E-state index in [4.69, 9.17) is 14.2 Å². The molecular formula is C18H17NO3. The van der Waals surface area contributed by atoms with Crippen molar-refractivity contribution in [2.45, 2.75) is 6.42 Å². The summed E-state index contributed by atoms with van der Waals surface area (Å²) in [4.78, 5) is 3.52. The van der Waals surface area contributed by atoms with Crippen LogP contribution in [0.5, 0.6) is 17.2 Å². The second kappa shape index (κ2) is 4.70. The van der Waals surface area contributed by atoms with Gasteiger partial charge in [-0.15, -0.1) is 0 Å². The van der Waals surface area contributed by atoms with E-state index in [1.807, 2.05) is 12.1 Å². The third-order valence-corrected chi connectivity index (χ3v) is 4.36. The molecule has 0 radical (unpaired) electrons. The van der Waals surface area contributed by atoms with E-state index >= 15 is 0 Å². The summed E-state index contributed by atoms with van der Waals surface area (Å²) in [6, 6.07) is 10.2. The zero-order chi connectivity index (χ0) is 15.3. The highest BCUT2D eigenvalue weighted by Gasteiger charge is 2.25. The lowest BCUT2D eigenvalue weighted by molar-refractivity contribution is 0.355. The first-order chi connectivity index (χ1) is 10.7. The fourth-order valence-electron chi connectivity index (χ4n) is 3.26. The highest BCUT2D eigenvalue weighted by atomic mass is 16.5. The van der Waals surface area contributed by atoms with E-state index < -0.39 is 0 Å². The number of rotatable bonds is 3. The number of aromatic amines is 1. The molecule has 1 N–H and O–H groups in total. The Bertz CT molecular complexity index is 880. The molecule has 0 amide bonds. The van der Waals surface area contributed by atoms with Crippen molar-refractivity contribution in [2.75, 3.05) is 21.3 Å². The number of fused-ring (bicyclic) bond motifs is 5. The minimum atomic E-state index is 0.755. The molecule has 0 aliphatic heterocycles. The van der Waals surface area contributed by atoms with Gasteiger partial charge in [0.05, 0.1) is 27.0 Å². The van der Waals surface area contributed by atoms with Gasteiger partial charge in [-0.3, -0.25) is 0 Å². The predicted octanol–water partition coefficient (Wildman–Crippen LogP) is 3.76. The van der Waals surface area contributed by atoms with Gasteiger partial charge in [-0.2, -0.15) is 0 Å². The van der Waals surface area contributed by atoms with Gasteiger partial charge in [0.25, 0.3) is 0 Å². The summed E-state index contributed by atoms with van der Waals surface area (Å²) in [5, 5.41) is 1.21. The number of ether oxygens (including phenoxy) is 3. The average Bonchev–Trinajstić information content (AvgIpc) is 3.08. The van der Waals surface area contributed by atoms with Crippen molar-refractivity contribution in [1.82, 2.24) is 4.98 Å². The van der Waals surface area contributed by atoms with Crippen LogP contribution in [0, 0.1) is 0 Å². The molecule has 2 aromatic carbocycles. The fraction of sp³-hybridized carbons (Fsp3) is 0.222. The number of hydrogen-bond acceptors (Lipinski definition) is 3. The summed E-state index contributed by atoms with van der Waals surface area (Å²) in [6.45, 7) is 0. The van der Waals surface area contributed by atoms with E-state index in [1.165, 1.54) is 27.8 Å². The molecule has 1 aliphatic carbocycles. The SMILES string of the molecule is COc1ccc2[nH]c3c(c2c1)Cc1cc(OC)c(OC)cc1-3. The molecule has 0 atom stereocenters. The molecule has 0 saturated carbocycles. The molecule has 112 valence electrons. The van der Waals surface area contributed by atoms with Gasteiger partial charge in [0, 0.05) is 22.9 Å². The number of aromatic nitrogens is 1. The van der Waals surface area contributed by atoms with Gasteiger partial charge in [0.15, 0.2) is 11.5 Å². The van der Waals surface area contributed by atoms with Gasteiger partial charge >= 0.3 is 0 Å². The smallest absolute Gasteiger partial charge is 0.161 e. The van der Waals surface area contributed by atoms with Crippen molar-refractivity contribution in [3.63, 3.8) is 0 Å². The maximum atomic E-state index is 5.43. The molecule has 0 bridgehead atoms. The summed E-state index contributed by atoms with van der Waals surface area (Å²) in [6.07, 6.45) is 0.887. The number of methoxy groups -OCH3 is 3. The Labute approximate surface area is 128 Å². The van der Waals surface area contributed by atoms with Gasteiger partial charge < -0.3 is 19.2 Å². The molecule has 1 aliphatic rings. The molecule has 22 heavy (non-hydrogen) atoms. The largest absolute Gasteiger partial charge is 0.497 e. The highest BCUT2D eigenvalue weighted by Crippen LogP contribution is 2.45. The summed E-state index contributed by atoms with van der Waals surface area (Å²) in [5.41, 5.74) is 6.04. The molecule has 0 fully saturated rings. The lowest BCUT2D eigenvalue weighted by Crippen LogP contribution is -1.93. The van der Waals surface area contributed by atoms with Crippen molar-refractivity contribution < 1.29 is 14.2 Å². The molecular weight excluding hydrogens is 278 g/mol. The minimum absolute atomic E-state index is 0.755. The predicted molar refractivity (Wildman–Crippen MR) is 86.2 cm³/mol. The Kier molecular flexibility index (Phi) is 2.79. The van der Waals surface area contributed by atoms with Crippen molar-refractivity contribution in [3.05, 3.63) is 41.5 Å². The minimum Gasteiger partial charge on any atom is -0.497 e. The first-order valence-electron chi connectivity index (χ1n) is 7.19. The topological polar surface area (TPSA) is 43.5 Å². The number of benzene rings is 2. The molecule has 1 heterocycles. The van der Waals surface area contributed by atoms with Crippen molar-refractivity contribution in [1.29, 1.82) is 0 Å². The third-order valence-electron chi connectivity index (χ3n) is 4.36. The molecule has 4 heteroatoms. The van der Waals surface area contributed by atoms with E-state index in [9.17, 15) is 0 Å². The zero-order valence-corrected chi connectivity index (χ0v) is 12.8. The normalized spacial score (nSPS) is 12.1. The molecule has 4 nitrogen and oxygen atoms in total. The quantitative estimate of drug-likeness (QED) is 0.626. The van der Waals surface area contributed by atoms with E-state index in [0.29, 0.717) is 0 Å². The second-order valence-corrected chi connectivity index (χ2v) is 5.43. The first-order valence-corrected chi connectivity index (χ1v) is 7.19. The number of H-pyrrole nitrogens is 1. The van der Waals surface area contributed by atoms with Crippen LogP contribution in [0.2, 0.25) is 0 Å². The van der Waals surface area contributed by atoms with Crippen LogP contribution >= 0.6 is 0 Å². The van der Waals surface area contributed by atoms with Gasteiger partial charge in [-0.1, -0.05) is 0 Å². The van der Waals surface area contributed by atoms with E-state index in [2.05, 4.69) is 23.2 Å². The second-order valence-electron chi connectivity index (χ2n) is 5.43. The Balaban J connectivity index is 1.93. The lowest BCUT2D eigenvalue weighted by atomic mass is 10.1. The Hall–Kier alpha value is -2.62. The molecule has 0 spiro atoms. The number of hydrogen-bond donors (Lipinski definition) is 1. The summed E-state index contributed by atoms with van der Waals surface area (Å²) in [5.74, 6) is 2.40. The Morgan fingerprint density at radius 3 is 2.41 bits per heavy atom. The Morgan fingerprint density at radius 2 is 1.68 bits per heavy atom.